The molecule has 0 saturated carbocycles. The first kappa shape index (κ1) is 80.4. The van der Waals surface area contributed by atoms with Gasteiger partial charge in [0.15, 0.2) is 0 Å². The van der Waals surface area contributed by atoms with E-state index in [-0.39, 0.29) is 75.0 Å². The lowest BCUT2D eigenvalue weighted by atomic mass is 9.91. The van der Waals surface area contributed by atoms with E-state index in [1.165, 1.54) is 87.7 Å². The van der Waals surface area contributed by atoms with Crippen molar-refractivity contribution < 1.29 is 67.7 Å². The third kappa shape index (κ3) is 23.6. The Morgan fingerprint density at radius 1 is 0.483 bits per heavy atom. The molecule has 0 aromatic heterocycles. The number of aliphatic hydroxyl groups is 1. The number of hydrogen-bond acceptors (Lipinski definition) is 13. The Balaban J connectivity index is 4.35. The lowest BCUT2D eigenvalue weighted by Crippen LogP contribution is -2.63. The van der Waals surface area contributed by atoms with Crippen molar-refractivity contribution >= 4 is 70.9 Å². The predicted octanol–water partition coefficient (Wildman–Crippen LogP) is 3.11. The summed E-state index contributed by atoms with van der Waals surface area (Å²) in [7, 11) is 9.74. The summed E-state index contributed by atoms with van der Waals surface area (Å²) in [5.41, 5.74) is 0. The number of nitrogens with zero attached hydrogens (tertiary/aromatic N) is 7. The van der Waals surface area contributed by atoms with Gasteiger partial charge >= 0.3 is 5.97 Å². The zero-order valence-electron chi connectivity index (χ0n) is 57.8. The molecule has 6 N–H and O–H groups in total. The van der Waals surface area contributed by atoms with Gasteiger partial charge in [-0.25, -0.2) is 0 Å². The van der Waals surface area contributed by atoms with Crippen LogP contribution in [0.25, 0.3) is 0 Å². The highest BCUT2D eigenvalue weighted by atomic mass is 16.4. The van der Waals surface area contributed by atoms with Gasteiger partial charge in [-0.2, -0.15) is 0 Å². The Morgan fingerprint density at radius 2 is 0.910 bits per heavy atom. The monoisotopic (exact) mass is 1260 g/mol. The molecule has 0 aromatic rings. The molecule has 1 saturated heterocycles. The number of amides is 11. The predicted molar refractivity (Wildman–Crippen MR) is 340 cm³/mol. The molecule has 1 rings (SSSR count). The van der Waals surface area contributed by atoms with Crippen LogP contribution in [0.1, 0.15) is 162 Å². The fraction of sp³-hybridized carbons (Fsp3) is 0.781. The number of aliphatic carboxylic acids is 1. The molecule has 25 nitrogen and oxygen atoms in total. The SMILES string of the molecule is CC[C@@H]1NC(=O)[C@H]([C@H](O)[C@H](C)C/C=C/CCC(=O)O)N(C)C(=O)[C@H](C(C)C)N(C)C(=O)[C@H](CC(C)C)N(C)C(=O)[C@H](CC(C)C)N(C)C(=O)[C@@H](C)NC(=O)[C@H](C)NC(=O)[C@H](CC(C)C)N(C)C(=O)[C@H](C(C)C)NC(=O)[C@H](CC(C)C)N(C)C(=O)CN(C)C1=O. The van der Waals surface area contributed by atoms with E-state index in [0.29, 0.717) is 0 Å². The van der Waals surface area contributed by atoms with Gasteiger partial charge in [-0.3, -0.25) is 57.5 Å². The van der Waals surface area contributed by atoms with Crippen molar-refractivity contribution in [3.63, 3.8) is 0 Å². The highest BCUT2D eigenvalue weighted by Gasteiger charge is 2.46. The molecule has 12 atom stereocenters. The number of aliphatic hydroxyl groups excluding tert-OH is 1. The van der Waals surface area contributed by atoms with E-state index < -0.39 is 162 Å². The molecule has 0 bridgehead atoms. The Bertz CT molecular complexity index is 2470. The minimum atomic E-state index is -1.71. The summed E-state index contributed by atoms with van der Waals surface area (Å²) in [5, 5.41) is 32.3. The number of likely N-dealkylation sites (N-methyl/N-ethyl adjacent to an activating group) is 7. The van der Waals surface area contributed by atoms with Gasteiger partial charge in [0.05, 0.1) is 12.6 Å². The normalized spacial score (nSPS) is 26.2. The molecular weight excluding hydrogens is 1150 g/mol. The summed E-state index contributed by atoms with van der Waals surface area (Å²) >= 11 is 0. The Labute approximate surface area is 530 Å². The first-order valence-corrected chi connectivity index (χ1v) is 31.7. The number of hydrogen-bond donors (Lipinski definition) is 6. The first-order chi connectivity index (χ1) is 41.1. The van der Waals surface area contributed by atoms with Gasteiger partial charge in [0.25, 0.3) is 0 Å². The maximum Gasteiger partial charge on any atom is 0.303 e. The molecule has 0 aliphatic carbocycles. The lowest BCUT2D eigenvalue weighted by molar-refractivity contribution is -0.157. The number of nitrogens with one attached hydrogen (secondary N) is 4. The summed E-state index contributed by atoms with van der Waals surface area (Å²) in [6.45, 7) is 27.1. The van der Waals surface area contributed by atoms with Gasteiger partial charge in [0.1, 0.15) is 60.4 Å². The van der Waals surface area contributed by atoms with E-state index in [4.69, 9.17) is 0 Å². The molecular formula is C64H113N11O14. The summed E-state index contributed by atoms with van der Waals surface area (Å²) in [4.78, 5) is 180. The highest BCUT2D eigenvalue weighted by molar-refractivity contribution is 5.99. The molecule has 1 aliphatic heterocycles. The summed E-state index contributed by atoms with van der Waals surface area (Å²) in [6, 6.07) is -12.7. The largest absolute Gasteiger partial charge is 0.481 e. The first-order valence-electron chi connectivity index (χ1n) is 31.7. The van der Waals surface area contributed by atoms with Crippen molar-refractivity contribution in [2.24, 2.45) is 41.4 Å². The molecule has 0 radical (unpaired) electrons. The van der Waals surface area contributed by atoms with Crippen LogP contribution in [0.5, 0.6) is 0 Å². The van der Waals surface area contributed by atoms with E-state index in [1.807, 2.05) is 55.4 Å². The van der Waals surface area contributed by atoms with Crippen LogP contribution in [0.2, 0.25) is 0 Å². The van der Waals surface area contributed by atoms with E-state index >= 15 is 9.59 Å². The second-order valence-electron chi connectivity index (χ2n) is 26.9. The molecule has 0 unspecified atom stereocenters. The van der Waals surface area contributed by atoms with Crippen LogP contribution in [0, 0.1) is 41.4 Å². The van der Waals surface area contributed by atoms with E-state index in [9.17, 15) is 58.2 Å². The van der Waals surface area contributed by atoms with E-state index in [1.54, 1.807) is 53.7 Å². The average molecular weight is 1260 g/mol. The van der Waals surface area contributed by atoms with Gasteiger partial charge in [0.2, 0.25) is 65.0 Å². The Morgan fingerprint density at radius 3 is 1.37 bits per heavy atom. The second-order valence-corrected chi connectivity index (χ2v) is 26.9. The van der Waals surface area contributed by atoms with E-state index in [0.717, 1.165) is 9.80 Å². The molecule has 11 amide bonds. The lowest BCUT2D eigenvalue weighted by Gasteiger charge is -2.41. The average Bonchev–Trinajstić information content (AvgIpc) is 0.957. The zero-order valence-corrected chi connectivity index (χ0v) is 57.8. The zero-order chi connectivity index (χ0) is 69.0. The van der Waals surface area contributed by atoms with Crippen molar-refractivity contribution in [3.8, 4) is 0 Å². The van der Waals surface area contributed by atoms with Crippen LogP contribution in [0.15, 0.2) is 12.2 Å². The molecule has 0 aromatic carbocycles. The van der Waals surface area contributed by atoms with Crippen LogP contribution in [0.4, 0.5) is 0 Å². The van der Waals surface area contributed by atoms with Crippen LogP contribution in [-0.2, 0) is 57.5 Å². The van der Waals surface area contributed by atoms with Gasteiger partial charge < -0.3 is 65.8 Å². The standard InChI is InChI=1S/C64H113N11O14/c1-24-44-60(85)69(17)34-49(76)70(18)45(30-35(2)3)57(82)68-51(39(10)11)63(88)71(19)46(31-36(4)5)56(81)65-42(15)55(80)66-43(16)59(84)72(20)47(32-37(6)7)61(86)73(21)48(33-38(8)9)62(87)74(22)52(40(12)13)64(89)75(23)53(58(83)67-44)54(79)41(14)28-26-25-27-29-50(77)78/h25-26,35-48,51-54,79H,24,27-34H2,1-23H3,(H,65,81)(H,66,80)(H,67,83)(H,68,82)(H,77,78)/b26-25+/t41-,42+,43-,44+,45+,46+,47+,48+,51+,52+,53+,54-/m1/s1. The van der Waals surface area contributed by atoms with Crippen LogP contribution < -0.4 is 21.3 Å². The van der Waals surface area contributed by atoms with Gasteiger partial charge in [-0.15, -0.1) is 0 Å². The number of carbonyl (C=O) groups excluding carboxylic acids is 11. The highest BCUT2D eigenvalue weighted by Crippen LogP contribution is 2.26. The van der Waals surface area contributed by atoms with Crippen molar-refractivity contribution in [2.45, 2.75) is 229 Å². The minimum Gasteiger partial charge on any atom is -0.481 e. The molecule has 1 fully saturated rings. The number of rotatable bonds is 18. The fourth-order valence-corrected chi connectivity index (χ4v) is 11.0. The summed E-state index contributed by atoms with van der Waals surface area (Å²) in [5.74, 6) is -11.4. The van der Waals surface area contributed by atoms with Gasteiger partial charge in [-0.05, 0) is 100 Å². The minimum absolute atomic E-state index is 0.0250. The Kier molecular flexibility index (Phi) is 33.3. The van der Waals surface area contributed by atoms with Crippen molar-refractivity contribution in [2.75, 3.05) is 55.9 Å². The van der Waals surface area contributed by atoms with Crippen LogP contribution in [-0.4, -0.2) is 238 Å². The molecule has 89 heavy (non-hydrogen) atoms. The molecule has 25 heteroatoms. The molecule has 508 valence electrons. The maximum atomic E-state index is 15.2. The Hall–Kier alpha value is -6.66. The molecule has 0 spiro atoms. The number of carboxylic acids is 1. The van der Waals surface area contributed by atoms with E-state index in [2.05, 4.69) is 21.3 Å². The second kappa shape index (κ2) is 36.9. The molecule has 1 aliphatic rings. The van der Waals surface area contributed by atoms with Crippen LogP contribution in [0.3, 0.4) is 0 Å². The van der Waals surface area contributed by atoms with Gasteiger partial charge in [0, 0.05) is 55.8 Å². The van der Waals surface area contributed by atoms with Crippen molar-refractivity contribution in [1.29, 1.82) is 0 Å². The van der Waals surface area contributed by atoms with Gasteiger partial charge in [-0.1, -0.05) is 109 Å². The van der Waals surface area contributed by atoms with Crippen molar-refractivity contribution in [1.82, 2.24) is 55.6 Å². The third-order valence-electron chi connectivity index (χ3n) is 16.5. The fourth-order valence-electron chi connectivity index (χ4n) is 11.0. The quantitative estimate of drug-likeness (QED) is 0.108. The number of carbonyl (C=O) groups is 12. The smallest absolute Gasteiger partial charge is 0.303 e. The number of allylic oxidation sites excluding steroid dienone is 2. The maximum absolute atomic E-state index is 15.2. The molecule has 1 heterocycles. The third-order valence-corrected chi connectivity index (χ3v) is 16.5. The topological polar surface area (TPSA) is 316 Å². The summed E-state index contributed by atoms with van der Waals surface area (Å²) in [6.07, 6.45) is 2.34. The van der Waals surface area contributed by atoms with Crippen LogP contribution >= 0.6 is 0 Å². The van der Waals surface area contributed by atoms with Crippen molar-refractivity contribution in [3.05, 3.63) is 12.2 Å². The number of carboxylic acid groups (broad SMARTS) is 1. The summed E-state index contributed by atoms with van der Waals surface area (Å²) < 4.78 is 0.